The highest BCUT2D eigenvalue weighted by Gasteiger charge is 2.09. The van der Waals surface area contributed by atoms with E-state index in [1.54, 1.807) is 0 Å². The number of hydrogen-bond acceptors (Lipinski definition) is 3. The van der Waals surface area contributed by atoms with Gasteiger partial charge in [0.1, 0.15) is 0 Å². The van der Waals surface area contributed by atoms with Gasteiger partial charge in [0.2, 0.25) is 0 Å². The maximum atomic E-state index is 11.6. The van der Waals surface area contributed by atoms with Crippen molar-refractivity contribution < 1.29 is 4.79 Å². The van der Waals surface area contributed by atoms with E-state index in [0.29, 0.717) is 0 Å². The Kier molecular flexibility index (Phi) is 5.01. The fourth-order valence-corrected chi connectivity index (χ4v) is 2.82. The minimum Gasteiger partial charge on any atom is -0.351 e. The largest absolute Gasteiger partial charge is 0.351 e. The van der Waals surface area contributed by atoms with E-state index in [-0.39, 0.29) is 5.91 Å². The summed E-state index contributed by atoms with van der Waals surface area (Å²) in [5.41, 5.74) is 0. The fourth-order valence-electron chi connectivity index (χ4n) is 2.18. The molecule has 0 aliphatic carbocycles. The molecule has 0 radical (unpaired) electrons. The molecule has 1 saturated heterocycles. The lowest BCUT2D eigenvalue weighted by atomic mass is 10.1. The Balaban J connectivity index is 1.58. The van der Waals surface area contributed by atoms with Crippen LogP contribution in [0.25, 0.3) is 0 Å². The van der Waals surface area contributed by atoms with Crippen molar-refractivity contribution >= 4 is 17.2 Å². The molecule has 0 bridgehead atoms. The Bertz CT molecular complexity index is 331. The SMILES string of the molecule is O=C(NCCCN1CCCCC1)c1cccs1. The Morgan fingerprint density at radius 2 is 2.18 bits per heavy atom. The van der Waals surface area contributed by atoms with Crippen molar-refractivity contribution in [3.63, 3.8) is 0 Å². The maximum Gasteiger partial charge on any atom is 0.261 e. The highest BCUT2D eigenvalue weighted by Crippen LogP contribution is 2.09. The third-order valence-corrected chi connectivity index (χ3v) is 4.00. The molecule has 1 aliphatic rings. The fraction of sp³-hybridized carbons (Fsp3) is 0.615. The smallest absolute Gasteiger partial charge is 0.261 e. The molecule has 0 atom stereocenters. The van der Waals surface area contributed by atoms with Gasteiger partial charge in [-0.05, 0) is 50.3 Å². The average molecular weight is 252 g/mol. The van der Waals surface area contributed by atoms with Gasteiger partial charge in [-0.25, -0.2) is 0 Å². The van der Waals surface area contributed by atoms with Crippen molar-refractivity contribution in [2.24, 2.45) is 0 Å². The van der Waals surface area contributed by atoms with Crippen molar-refractivity contribution in [3.05, 3.63) is 22.4 Å². The molecule has 0 saturated carbocycles. The molecule has 1 aromatic heterocycles. The standard InChI is InChI=1S/C13H20N2OS/c16-13(12-6-4-11-17-12)14-7-5-10-15-8-2-1-3-9-15/h4,6,11H,1-3,5,7-10H2,(H,14,16). The molecule has 0 spiro atoms. The second kappa shape index (κ2) is 6.77. The van der Waals surface area contributed by atoms with Gasteiger partial charge in [-0.3, -0.25) is 4.79 Å². The Labute approximate surface area is 107 Å². The quantitative estimate of drug-likeness (QED) is 0.816. The molecule has 0 aromatic carbocycles. The molecule has 2 rings (SSSR count). The van der Waals surface area contributed by atoms with Crippen LogP contribution in [0.4, 0.5) is 0 Å². The summed E-state index contributed by atoms with van der Waals surface area (Å²) in [4.78, 5) is 15.0. The first-order valence-electron chi connectivity index (χ1n) is 6.40. The molecule has 3 nitrogen and oxygen atoms in total. The first kappa shape index (κ1) is 12.6. The predicted octanol–water partition coefficient (Wildman–Crippen LogP) is 2.35. The number of carbonyl (C=O) groups is 1. The lowest BCUT2D eigenvalue weighted by Gasteiger charge is -2.26. The van der Waals surface area contributed by atoms with Gasteiger partial charge in [-0.15, -0.1) is 11.3 Å². The maximum absolute atomic E-state index is 11.6. The molecule has 4 heteroatoms. The van der Waals surface area contributed by atoms with Crippen LogP contribution in [0.5, 0.6) is 0 Å². The van der Waals surface area contributed by atoms with Crippen molar-refractivity contribution in [3.8, 4) is 0 Å². The van der Waals surface area contributed by atoms with Gasteiger partial charge in [0, 0.05) is 6.54 Å². The van der Waals surface area contributed by atoms with Crippen LogP contribution in [0, 0.1) is 0 Å². The zero-order chi connectivity index (χ0) is 11.9. The second-order valence-electron chi connectivity index (χ2n) is 4.49. The van der Waals surface area contributed by atoms with Crippen LogP contribution in [0.3, 0.4) is 0 Å². The van der Waals surface area contributed by atoms with E-state index < -0.39 is 0 Å². The monoisotopic (exact) mass is 252 g/mol. The summed E-state index contributed by atoms with van der Waals surface area (Å²) in [6.07, 6.45) is 5.10. The first-order chi connectivity index (χ1) is 8.36. The minimum absolute atomic E-state index is 0.0682. The Morgan fingerprint density at radius 1 is 1.35 bits per heavy atom. The number of piperidine rings is 1. The number of carbonyl (C=O) groups excluding carboxylic acids is 1. The molecule has 94 valence electrons. The van der Waals surface area contributed by atoms with Gasteiger partial charge in [0.25, 0.3) is 5.91 Å². The number of hydrogen-bond donors (Lipinski definition) is 1. The molecule has 1 aromatic rings. The highest BCUT2D eigenvalue weighted by molar-refractivity contribution is 7.12. The third-order valence-electron chi connectivity index (χ3n) is 3.13. The number of thiophene rings is 1. The van der Waals surface area contributed by atoms with E-state index in [2.05, 4.69) is 10.2 Å². The summed E-state index contributed by atoms with van der Waals surface area (Å²) in [7, 11) is 0. The van der Waals surface area contributed by atoms with E-state index in [9.17, 15) is 4.79 Å². The second-order valence-corrected chi connectivity index (χ2v) is 5.44. The Hall–Kier alpha value is -0.870. The average Bonchev–Trinajstić information content (AvgIpc) is 2.89. The number of nitrogens with zero attached hydrogens (tertiary/aromatic N) is 1. The van der Waals surface area contributed by atoms with E-state index in [4.69, 9.17) is 0 Å². The molecule has 1 aliphatic heterocycles. The van der Waals surface area contributed by atoms with E-state index in [1.807, 2.05) is 17.5 Å². The molecule has 1 fully saturated rings. The van der Waals surface area contributed by atoms with Crippen molar-refractivity contribution in [2.45, 2.75) is 25.7 Å². The van der Waals surface area contributed by atoms with Gasteiger partial charge in [0.15, 0.2) is 0 Å². The van der Waals surface area contributed by atoms with Crippen LogP contribution in [-0.2, 0) is 0 Å². The normalized spacial score (nSPS) is 16.9. The lowest BCUT2D eigenvalue weighted by molar-refractivity contribution is 0.0955. The van der Waals surface area contributed by atoms with Gasteiger partial charge in [0.05, 0.1) is 4.88 Å². The minimum atomic E-state index is 0.0682. The molecule has 2 heterocycles. The van der Waals surface area contributed by atoms with E-state index in [0.717, 1.165) is 24.4 Å². The number of likely N-dealkylation sites (tertiary alicyclic amines) is 1. The summed E-state index contributed by atoms with van der Waals surface area (Å²) >= 11 is 1.49. The first-order valence-corrected chi connectivity index (χ1v) is 7.28. The highest BCUT2D eigenvalue weighted by atomic mass is 32.1. The topological polar surface area (TPSA) is 32.3 Å². The van der Waals surface area contributed by atoms with E-state index >= 15 is 0 Å². The number of rotatable bonds is 5. The van der Waals surface area contributed by atoms with Crippen molar-refractivity contribution in [2.75, 3.05) is 26.2 Å². The molecule has 1 amide bonds. The zero-order valence-electron chi connectivity index (χ0n) is 10.2. The van der Waals surface area contributed by atoms with Gasteiger partial charge >= 0.3 is 0 Å². The summed E-state index contributed by atoms with van der Waals surface area (Å²) in [5.74, 6) is 0.0682. The van der Waals surface area contributed by atoms with Crippen LogP contribution in [0.2, 0.25) is 0 Å². The molecular formula is C13H20N2OS. The summed E-state index contributed by atoms with van der Waals surface area (Å²) in [6, 6.07) is 3.78. The summed E-state index contributed by atoms with van der Waals surface area (Å²) in [6.45, 7) is 4.37. The third kappa shape index (κ3) is 4.13. The number of amides is 1. The molecule has 0 unspecified atom stereocenters. The van der Waals surface area contributed by atoms with Crippen LogP contribution in [0.1, 0.15) is 35.4 Å². The van der Waals surface area contributed by atoms with Crippen LogP contribution >= 0.6 is 11.3 Å². The van der Waals surface area contributed by atoms with Crippen molar-refractivity contribution in [1.82, 2.24) is 10.2 Å². The molecule has 1 N–H and O–H groups in total. The summed E-state index contributed by atoms with van der Waals surface area (Å²) in [5, 5.41) is 4.90. The van der Waals surface area contributed by atoms with Crippen LogP contribution < -0.4 is 5.32 Å². The molecule has 17 heavy (non-hydrogen) atoms. The van der Waals surface area contributed by atoms with Crippen molar-refractivity contribution in [1.29, 1.82) is 0 Å². The zero-order valence-corrected chi connectivity index (χ0v) is 11.0. The lowest BCUT2D eigenvalue weighted by Crippen LogP contribution is -2.33. The predicted molar refractivity (Wildman–Crippen MR) is 71.6 cm³/mol. The number of nitrogens with one attached hydrogen (secondary N) is 1. The van der Waals surface area contributed by atoms with Gasteiger partial charge in [-0.1, -0.05) is 12.5 Å². The van der Waals surface area contributed by atoms with E-state index in [1.165, 1.54) is 43.7 Å². The Morgan fingerprint density at radius 3 is 2.88 bits per heavy atom. The van der Waals surface area contributed by atoms with Gasteiger partial charge in [-0.2, -0.15) is 0 Å². The van der Waals surface area contributed by atoms with Gasteiger partial charge < -0.3 is 10.2 Å². The summed E-state index contributed by atoms with van der Waals surface area (Å²) < 4.78 is 0. The molecular weight excluding hydrogens is 232 g/mol. The van der Waals surface area contributed by atoms with Crippen LogP contribution in [0.15, 0.2) is 17.5 Å². The van der Waals surface area contributed by atoms with Crippen LogP contribution in [-0.4, -0.2) is 37.0 Å².